The number of fused-ring (bicyclic) bond motifs is 1. The van der Waals surface area contributed by atoms with Crippen LogP contribution in [-0.4, -0.2) is 35.5 Å². The third-order valence-electron chi connectivity index (χ3n) is 6.04. The maximum atomic E-state index is 12.8. The second-order valence-electron chi connectivity index (χ2n) is 8.87. The van der Waals surface area contributed by atoms with Crippen LogP contribution in [0.25, 0.3) is 0 Å². The number of carbonyl (C=O) groups is 4. The van der Waals surface area contributed by atoms with Gasteiger partial charge in [-0.2, -0.15) is 0 Å². The Morgan fingerprint density at radius 1 is 1.16 bits per heavy atom. The number of hydrogen-bond acceptors (Lipinski definition) is 7. The molecule has 0 fully saturated rings. The van der Waals surface area contributed by atoms with E-state index in [1.165, 1.54) is 0 Å². The van der Waals surface area contributed by atoms with Crippen LogP contribution in [0.5, 0.6) is 11.5 Å². The van der Waals surface area contributed by atoms with Crippen LogP contribution in [0, 0.1) is 19.1 Å². The van der Waals surface area contributed by atoms with Crippen LogP contribution >= 0.6 is 0 Å². The zero-order valence-corrected chi connectivity index (χ0v) is 21.8. The predicted molar refractivity (Wildman–Crippen MR) is 138 cm³/mol. The summed E-state index contributed by atoms with van der Waals surface area (Å²) in [5.74, 6) is -1.74. The topological polar surface area (TPSA) is 128 Å². The molecule has 2 aromatic carbocycles. The highest BCUT2D eigenvalue weighted by atomic mass is 16.6. The number of ether oxygens (including phenoxy) is 3. The van der Waals surface area contributed by atoms with Crippen LogP contribution in [0.4, 0.5) is 5.69 Å². The van der Waals surface area contributed by atoms with E-state index in [0.29, 0.717) is 35.6 Å². The molecule has 38 heavy (non-hydrogen) atoms. The van der Waals surface area contributed by atoms with Crippen molar-refractivity contribution < 1.29 is 38.5 Å². The van der Waals surface area contributed by atoms with Crippen molar-refractivity contribution in [3.05, 3.63) is 64.2 Å². The molecule has 0 saturated heterocycles. The zero-order valence-electron chi connectivity index (χ0n) is 21.8. The zero-order chi connectivity index (χ0) is 27.7. The number of carbonyl (C=O) groups excluding carboxylic acids is 3. The Bertz CT molecular complexity index is 1230. The number of anilines is 1. The standard InChI is InChI=1S/C29H31NO8/c1-4-36-27-19(3)22-17-37-29(35)26(22)28(21(27)15-13-18(2)14-16-24(32)33)38-25(34)12-8-11-23(31)30-20-9-6-5-7-10-20/h6,9-10,13H,4,8,11-12,14-17H2,1-3H3,(H,30,31)(H,32,33). The fraction of sp³-hybridized carbons (Fsp3) is 0.379. The molecule has 0 spiro atoms. The third kappa shape index (κ3) is 7.35. The van der Waals surface area contributed by atoms with Crippen molar-refractivity contribution >= 4 is 29.5 Å². The van der Waals surface area contributed by atoms with Crippen molar-refractivity contribution in [1.29, 1.82) is 0 Å². The Morgan fingerprint density at radius 2 is 1.95 bits per heavy atom. The predicted octanol–water partition coefficient (Wildman–Crippen LogP) is 4.73. The van der Waals surface area contributed by atoms with Gasteiger partial charge in [-0.3, -0.25) is 14.4 Å². The molecule has 200 valence electrons. The lowest BCUT2D eigenvalue weighted by Crippen LogP contribution is -2.16. The molecular weight excluding hydrogens is 490 g/mol. The second kappa shape index (κ2) is 13.3. The molecule has 0 aromatic heterocycles. The number of carboxylic acids is 1. The van der Waals surface area contributed by atoms with Crippen molar-refractivity contribution in [2.45, 2.75) is 65.9 Å². The summed E-state index contributed by atoms with van der Waals surface area (Å²) in [5, 5.41) is 11.7. The van der Waals surface area contributed by atoms with Gasteiger partial charge in [0, 0.05) is 42.1 Å². The Hall–Kier alpha value is -4.32. The summed E-state index contributed by atoms with van der Waals surface area (Å²) in [7, 11) is 0. The first kappa shape index (κ1) is 28.3. The Morgan fingerprint density at radius 3 is 2.63 bits per heavy atom. The maximum Gasteiger partial charge on any atom is 0.342 e. The van der Waals surface area contributed by atoms with E-state index in [-0.39, 0.29) is 55.9 Å². The first-order valence-electron chi connectivity index (χ1n) is 12.4. The van der Waals surface area contributed by atoms with Crippen LogP contribution in [0.3, 0.4) is 0 Å². The monoisotopic (exact) mass is 521 g/mol. The Labute approximate surface area is 221 Å². The van der Waals surface area contributed by atoms with Crippen LogP contribution < -0.4 is 14.8 Å². The number of cyclic esters (lactones) is 1. The SMILES string of the molecule is CCOc1c(C)c2c(c(OC(=O)CCCC(=O)Nc3cc#ccc3)c1CC=C(C)CCC(=O)O)C(=O)OC2. The van der Waals surface area contributed by atoms with Crippen LogP contribution in [-0.2, 0) is 32.1 Å². The number of allylic oxidation sites excluding steroid dienone is 2. The number of benzene rings is 1. The van der Waals surface area contributed by atoms with Gasteiger partial charge >= 0.3 is 17.9 Å². The fourth-order valence-electron chi connectivity index (χ4n) is 4.07. The maximum absolute atomic E-state index is 12.8. The molecular formula is C29H31NO8. The van der Waals surface area contributed by atoms with E-state index in [9.17, 15) is 19.2 Å². The molecule has 0 unspecified atom stereocenters. The molecule has 0 saturated carbocycles. The van der Waals surface area contributed by atoms with E-state index < -0.39 is 17.9 Å². The first-order chi connectivity index (χ1) is 18.2. The van der Waals surface area contributed by atoms with Crippen molar-refractivity contribution in [1.82, 2.24) is 0 Å². The number of hydrogen-bond donors (Lipinski definition) is 2. The number of rotatable bonds is 13. The molecule has 9 nitrogen and oxygen atoms in total. The summed E-state index contributed by atoms with van der Waals surface area (Å²) in [5.41, 5.74) is 3.47. The summed E-state index contributed by atoms with van der Waals surface area (Å²) < 4.78 is 16.9. The fourth-order valence-corrected chi connectivity index (χ4v) is 4.07. The van der Waals surface area contributed by atoms with Gasteiger partial charge in [0.1, 0.15) is 17.9 Å². The molecule has 9 heteroatoms. The van der Waals surface area contributed by atoms with Gasteiger partial charge in [-0.05, 0) is 57.7 Å². The van der Waals surface area contributed by atoms with Crippen molar-refractivity contribution in [3.63, 3.8) is 0 Å². The van der Waals surface area contributed by atoms with Crippen molar-refractivity contribution in [2.24, 2.45) is 0 Å². The van der Waals surface area contributed by atoms with Crippen LogP contribution in [0.15, 0.2) is 29.8 Å². The summed E-state index contributed by atoms with van der Waals surface area (Å²) in [6, 6.07) is 10.4. The molecule has 1 amide bonds. The third-order valence-corrected chi connectivity index (χ3v) is 6.04. The van der Waals surface area contributed by atoms with Crippen molar-refractivity contribution in [3.8, 4) is 11.5 Å². The average molecular weight is 522 g/mol. The Balaban J connectivity index is 1.80. The largest absolute Gasteiger partial charge is 0.493 e. The molecule has 0 atom stereocenters. The normalized spacial score (nSPS) is 12.3. The van der Waals surface area contributed by atoms with Crippen LogP contribution in [0.1, 0.15) is 73.0 Å². The van der Waals surface area contributed by atoms with Gasteiger partial charge < -0.3 is 24.6 Å². The molecule has 1 aliphatic rings. The number of nitrogens with one attached hydrogen (secondary N) is 1. The van der Waals surface area contributed by atoms with Gasteiger partial charge in [-0.15, -0.1) is 0 Å². The molecule has 1 aliphatic heterocycles. The first-order valence-corrected chi connectivity index (χ1v) is 12.4. The van der Waals surface area contributed by atoms with E-state index in [2.05, 4.69) is 17.4 Å². The highest BCUT2D eigenvalue weighted by Crippen LogP contribution is 2.43. The van der Waals surface area contributed by atoms with Gasteiger partial charge in [-0.25, -0.2) is 4.79 Å². The number of aliphatic carboxylic acids is 1. The van der Waals surface area contributed by atoms with E-state index in [1.807, 2.05) is 26.8 Å². The summed E-state index contributed by atoms with van der Waals surface area (Å²) >= 11 is 0. The number of amides is 1. The quantitative estimate of drug-likeness (QED) is 0.220. The summed E-state index contributed by atoms with van der Waals surface area (Å²) in [6.45, 7) is 5.87. The number of esters is 2. The van der Waals surface area contributed by atoms with Gasteiger partial charge in [-0.1, -0.05) is 23.8 Å². The van der Waals surface area contributed by atoms with Gasteiger partial charge in [0.25, 0.3) is 0 Å². The van der Waals surface area contributed by atoms with E-state index in [0.717, 1.165) is 11.1 Å². The molecule has 3 rings (SSSR count). The minimum absolute atomic E-state index is 0.00736. The number of carboxylic acid groups (broad SMARTS) is 1. The minimum atomic E-state index is -0.896. The molecule has 2 N–H and O–H groups in total. The smallest absolute Gasteiger partial charge is 0.342 e. The lowest BCUT2D eigenvalue weighted by atomic mass is 9.94. The van der Waals surface area contributed by atoms with Gasteiger partial charge in [0.15, 0.2) is 5.75 Å². The van der Waals surface area contributed by atoms with E-state index in [4.69, 9.17) is 19.3 Å². The lowest BCUT2D eigenvalue weighted by molar-refractivity contribution is -0.137. The van der Waals surface area contributed by atoms with Crippen LogP contribution in [0.2, 0.25) is 0 Å². The average Bonchev–Trinajstić information content (AvgIpc) is 3.27. The molecule has 1 heterocycles. The highest BCUT2D eigenvalue weighted by molar-refractivity contribution is 5.99. The Kier molecular flexibility index (Phi) is 9.88. The molecule has 2 aromatic rings. The molecule has 0 aliphatic carbocycles. The van der Waals surface area contributed by atoms with E-state index in [1.54, 1.807) is 18.2 Å². The summed E-state index contributed by atoms with van der Waals surface area (Å²) in [6.07, 6.45) is 2.76. The highest BCUT2D eigenvalue weighted by Gasteiger charge is 2.34. The van der Waals surface area contributed by atoms with Gasteiger partial charge in [0.2, 0.25) is 5.91 Å². The van der Waals surface area contributed by atoms with E-state index >= 15 is 0 Å². The molecule has 0 radical (unpaired) electrons. The van der Waals surface area contributed by atoms with Crippen molar-refractivity contribution in [2.75, 3.05) is 11.9 Å². The molecule has 0 bridgehead atoms. The lowest BCUT2D eigenvalue weighted by Gasteiger charge is -2.19. The minimum Gasteiger partial charge on any atom is -0.493 e. The summed E-state index contributed by atoms with van der Waals surface area (Å²) in [4.78, 5) is 48.6. The van der Waals surface area contributed by atoms with Gasteiger partial charge in [0.05, 0.1) is 6.61 Å². The second-order valence-corrected chi connectivity index (χ2v) is 8.87.